The van der Waals surface area contributed by atoms with Crippen LogP contribution in [0.3, 0.4) is 0 Å². The number of aromatic nitrogens is 2. The highest BCUT2D eigenvalue weighted by molar-refractivity contribution is 6.31. The first-order valence-corrected chi connectivity index (χ1v) is 7.45. The molecule has 0 spiro atoms. The van der Waals surface area contributed by atoms with E-state index in [2.05, 4.69) is 16.5 Å². The fourth-order valence-electron chi connectivity index (χ4n) is 2.56. The number of imidazole rings is 1. The van der Waals surface area contributed by atoms with Crippen molar-refractivity contribution in [1.29, 1.82) is 0 Å². The molecule has 0 bridgehead atoms. The van der Waals surface area contributed by atoms with Gasteiger partial charge >= 0.3 is 0 Å². The summed E-state index contributed by atoms with van der Waals surface area (Å²) in [4.78, 5) is 4.68. The summed E-state index contributed by atoms with van der Waals surface area (Å²) in [6.45, 7) is 2.66. The summed E-state index contributed by atoms with van der Waals surface area (Å²) < 4.78 is 15.7. The van der Waals surface area contributed by atoms with E-state index in [1.54, 1.807) is 6.07 Å². The van der Waals surface area contributed by atoms with Crippen molar-refractivity contribution >= 4 is 22.6 Å². The van der Waals surface area contributed by atoms with Crippen LogP contribution in [-0.4, -0.2) is 9.55 Å². The van der Waals surface area contributed by atoms with Crippen LogP contribution in [0.1, 0.15) is 24.7 Å². The number of aryl methyl sites for hydroxylation is 1. The third kappa shape index (κ3) is 2.66. The Hall–Kier alpha value is -1.87. The first kappa shape index (κ1) is 14.1. The van der Waals surface area contributed by atoms with Crippen molar-refractivity contribution in [3.05, 3.63) is 64.7 Å². The number of fused-ring (bicyclic) bond motifs is 1. The van der Waals surface area contributed by atoms with Gasteiger partial charge in [-0.3, -0.25) is 0 Å². The summed E-state index contributed by atoms with van der Waals surface area (Å²) in [5.74, 6) is 0.634. The van der Waals surface area contributed by atoms with E-state index in [4.69, 9.17) is 11.6 Å². The summed E-state index contributed by atoms with van der Waals surface area (Å²) in [6.07, 6.45) is 1.90. The molecular formula is C17H16ClFN2. The molecule has 1 heterocycles. The van der Waals surface area contributed by atoms with E-state index in [1.165, 1.54) is 6.07 Å². The van der Waals surface area contributed by atoms with Gasteiger partial charge < -0.3 is 4.57 Å². The molecule has 0 fully saturated rings. The van der Waals surface area contributed by atoms with Gasteiger partial charge in [-0.1, -0.05) is 42.8 Å². The fourth-order valence-corrected chi connectivity index (χ4v) is 2.74. The summed E-state index contributed by atoms with van der Waals surface area (Å²) in [5.41, 5.74) is 2.80. The molecule has 0 N–H and O–H groups in total. The van der Waals surface area contributed by atoms with Crippen molar-refractivity contribution in [3.63, 3.8) is 0 Å². The van der Waals surface area contributed by atoms with E-state index in [1.807, 2.05) is 30.3 Å². The smallest absolute Gasteiger partial charge is 0.142 e. The van der Waals surface area contributed by atoms with E-state index in [0.29, 0.717) is 6.54 Å². The van der Waals surface area contributed by atoms with E-state index in [0.717, 1.165) is 35.3 Å². The van der Waals surface area contributed by atoms with Gasteiger partial charge in [0.1, 0.15) is 11.6 Å². The molecule has 0 aliphatic carbocycles. The van der Waals surface area contributed by atoms with E-state index in [-0.39, 0.29) is 10.8 Å². The molecular weight excluding hydrogens is 287 g/mol. The minimum Gasteiger partial charge on any atom is -0.323 e. The Morgan fingerprint density at radius 2 is 1.95 bits per heavy atom. The average Bonchev–Trinajstić information content (AvgIpc) is 2.82. The molecule has 3 rings (SSSR count). The summed E-state index contributed by atoms with van der Waals surface area (Å²) >= 11 is 6.08. The third-order valence-corrected chi connectivity index (χ3v) is 3.99. The number of para-hydroxylation sites is 2. The van der Waals surface area contributed by atoms with Crippen molar-refractivity contribution in [2.75, 3.05) is 0 Å². The summed E-state index contributed by atoms with van der Waals surface area (Å²) in [7, 11) is 0. The minimum absolute atomic E-state index is 0.192. The van der Waals surface area contributed by atoms with Crippen molar-refractivity contribution in [1.82, 2.24) is 9.55 Å². The van der Waals surface area contributed by atoms with Gasteiger partial charge in [0.25, 0.3) is 0 Å². The normalized spacial score (nSPS) is 11.2. The highest BCUT2D eigenvalue weighted by Gasteiger charge is 2.12. The molecule has 3 aromatic rings. The molecule has 4 heteroatoms. The van der Waals surface area contributed by atoms with Crippen molar-refractivity contribution in [2.24, 2.45) is 0 Å². The molecule has 0 atom stereocenters. The number of nitrogens with zero attached hydrogens (tertiary/aromatic N) is 2. The Labute approximate surface area is 128 Å². The number of hydrogen-bond donors (Lipinski definition) is 0. The van der Waals surface area contributed by atoms with Crippen molar-refractivity contribution in [2.45, 2.75) is 26.3 Å². The summed E-state index contributed by atoms with van der Waals surface area (Å²) in [6, 6.07) is 12.9. The summed E-state index contributed by atoms with van der Waals surface area (Å²) in [5, 5.41) is 0.192. The Morgan fingerprint density at radius 3 is 2.76 bits per heavy atom. The maximum absolute atomic E-state index is 13.6. The first-order chi connectivity index (χ1) is 10.2. The molecule has 21 heavy (non-hydrogen) atoms. The lowest BCUT2D eigenvalue weighted by Crippen LogP contribution is -2.06. The number of rotatable bonds is 4. The van der Waals surface area contributed by atoms with Crippen LogP contribution < -0.4 is 0 Å². The Morgan fingerprint density at radius 1 is 1.14 bits per heavy atom. The van der Waals surface area contributed by atoms with Crippen LogP contribution in [0.25, 0.3) is 11.0 Å². The maximum atomic E-state index is 13.6. The van der Waals surface area contributed by atoms with Gasteiger partial charge in [-0.15, -0.1) is 0 Å². The van der Waals surface area contributed by atoms with Gasteiger partial charge in [0.15, 0.2) is 0 Å². The number of benzene rings is 2. The Balaban J connectivity index is 2.10. The van der Waals surface area contributed by atoms with Gasteiger partial charge in [-0.25, -0.2) is 9.37 Å². The highest BCUT2D eigenvalue weighted by Crippen LogP contribution is 2.24. The molecule has 108 valence electrons. The molecule has 2 aromatic carbocycles. The zero-order valence-electron chi connectivity index (χ0n) is 11.8. The number of halogens is 2. The highest BCUT2D eigenvalue weighted by atomic mass is 35.5. The zero-order valence-corrected chi connectivity index (χ0v) is 12.6. The second-order valence-electron chi connectivity index (χ2n) is 5.07. The monoisotopic (exact) mass is 302 g/mol. The van der Waals surface area contributed by atoms with Crippen LogP contribution in [-0.2, 0) is 13.0 Å². The molecule has 0 aliphatic rings. The molecule has 0 unspecified atom stereocenters. The zero-order chi connectivity index (χ0) is 14.8. The average molecular weight is 303 g/mol. The predicted molar refractivity (Wildman–Crippen MR) is 84.2 cm³/mol. The largest absolute Gasteiger partial charge is 0.323 e. The van der Waals surface area contributed by atoms with E-state index < -0.39 is 0 Å². The topological polar surface area (TPSA) is 17.8 Å². The van der Waals surface area contributed by atoms with Gasteiger partial charge in [0.2, 0.25) is 0 Å². The van der Waals surface area contributed by atoms with Crippen LogP contribution in [0.15, 0.2) is 42.5 Å². The van der Waals surface area contributed by atoms with Crippen LogP contribution in [0.2, 0.25) is 5.02 Å². The Bertz CT molecular complexity index is 780. The lowest BCUT2D eigenvalue weighted by Gasteiger charge is -2.10. The molecule has 0 radical (unpaired) electrons. The Kier molecular flexibility index (Phi) is 3.93. The van der Waals surface area contributed by atoms with E-state index in [9.17, 15) is 4.39 Å². The van der Waals surface area contributed by atoms with Crippen LogP contribution >= 0.6 is 11.6 Å². The van der Waals surface area contributed by atoms with E-state index >= 15 is 0 Å². The maximum Gasteiger partial charge on any atom is 0.142 e. The molecule has 1 aromatic heterocycles. The number of hydrogen-bond acceptors (Lipinski definition) is 1. The van der Waals surface area contributed by atoms with Crippen LogP contribution in [0, 0.1) is 5.82 Å². The van der Waals surface area contributed by atoms with Crippen molar-refractivity contribution < 1.29 is 4.39 Å². The van der Waals surface area contributed by atoms with Crippen LogP contribution in [0.4, 0.5) is 4.39 Å². The standard InChI is InChI=1S/C17H16ClFN2/c1-2-6-16-20-14-9-3-4-10-15(14)21(16)11-12-7-5-8-13(19)17(12)18/h3-5,7-10H,2,6,11H2,1H3. The lowest BCUT2D eigenvalue weighted by atomic mass is 10.2. The second kappa shape index (κ2) is 5.86. The predicted octanol–water partition coefficient (Wildman–Crippen LogP) is 4.83. The van der Waals surface area contributed by atoms with Crippen LogP contribution in [0.5, 0.6) is 0 Å². The first-order valence-electron chi connectivity index (χ1n) is 7.07. The van der Waals surface area contributed by atoms with Gasteiger partial charge in [-0.05, 0) is 30.2 Å². The molecule has 0 saturated carbocycles. The molecule has 0 saturated heterocycles. The molecule has 0 aliphatic heterocycles. The third-order valence-electron chi connectivity index (χ3n) is 3.57. The second-order valence-corrected chi connectivity index (χ2v) is 5.44. The minimum atomic E-state index is -0.379. The lowest BCUT2D eigenvalue weighted by molar-refractivity contribution is 0.623. The quantitative estimate of drug-likeness (QED) is 0.675. The molecule has 0 amide bonds. The van der Waals surface area contributed by atoms with Gasteiger partial charge in [0.05, 0.1) is 22.6 Å². The fraction of sp³-hybridized carbons (Fsp3) is 0.235. The van der Waals surface area contributed by atoms with Crippen molar-refractivity contribution in [3.8, 4) is 0 Å². The van der Waals surface area contributed by atoms with Gasteiger partial charge in [0, 0.05) is 6.42 Å². The molecule has 2 nitrogen and oxygen atoms in total. The van der Waals surface area contributed by atoms with Gasteiger partial charge in [-0.2, -0.15) is 0 Å². The SMILES string of the molecule is CCCc1nc2ccccc2n1Cc1cccc(F)c1Cl.